The molecule has 2 atom stereocenters. The molecule has 0 aliphatic rings. The smallest absolute Gasteiger partial charge is 0.412 e. The van der Waals surface area contributed by atoms with Crippen molar-refractivity contribution in [3.05, 3.63) is 54.8 Å². The van der Waals surface area contributed by atoms with E-state index in [4.69, 9.17) is 9.16 Å². The molecule has 23 heavy (non-hydrogen) atoms. The van der Waals surface area contributed by atoms with Crippen LogP contribution in [-0.4, -0.2) is 20.5 Å². The lowest BCUT2D eigenvalue weighted by Crippen LogP contribution is -2.32. The minimum absolute atomic E-state index is 0.0919. The number of carbonyl (C=O) groups excluding carboxylic acids is 1. The third-order valence-corrected chi connectivity index (χ3v) is 3.99. The zero-order valence-electron chi connectivity index (χ0n) is 14.6. The maximum absolute atomic E-state index is 12.0. The summed E-state index contributed by atoms with van der Waals surface area (Å²) < 4.78 is 11.6. The third kappa shape index (κ3) is 6.73. The van der Waals surface area contributed by atoms with Gasteiger partial charge < -0.3 is 9.16 Å². The summed E-state index contributed by atoms with van der Waals surface area (Å²) in [5, 5.41) is 2.71. The van der Waals surface area contributed by atoms with Gasteiger partial charge in [0.25, 0.3) is 0 Å². The SMILES string of the molecule is C=C[C@H](OC(=O)Nc1ccccc1)[C@H](C)/C(=C/C)O[Si](C)(C)C. The van der Waals surface area contributed by atoms with Crippen LogP contribution in [0.5, 0.6) is 0 Å². The fourth-order valence-corrected chi connectivity index (χ4v) is 3.09. The van der Waals surface area contributed by atoms with Gasteiger partial charge in [0.05, 0.1) is 11.7 Å². The van der Waals surface area contributed by atoms with Crippen LogP contribution in [0.4, 0.5) is 10.5 Å². The fourth-order valence-electron chi connectivity index (χ4n) is 2.08. The van der Waals surface area contributed by atoms with Crippen molar-refractivity contribution in [2.45, 2.75) is 39.6 Å². The van der Waals surface area contributed by atoms with Gasteiger partial charge in [-0.3, -0.25) is 5.32 Å². The van der Waals surface area contributed by atoms with E-state index < -0.39 is 20.5 Å². The Labute approximate surface area is 140 Å². The maximum atomic E-state index is 12.0. The highest BCUT2D eigenvalue weighted by molar-refractivity contribution is 6.70. The van der Waals surface area contributed by atoms with Gasteiger partial charge in [-0.05, 0) is 38.7 Å². The molecular weight excluding hydrogens is 306 g/mol. The first-order chi connectivity index (χ1) is 10.8. The van der Waals surface area contributed by atoms with E-state index >= 15 is 0 Å². The quantitative estimate of drug-likeness (QED) is 0.425. The number of para-hydroxylation sites is 1. The number of anilines is 1. The number of hydrogen-bond donors (Lipinski definition) is 1. The predicted molar refractivity (Wildman–Crippen MR) is 97.9 cm³/mol. The van der Waals surface area contributed by atoms with Gasteiger partial charge in [0, 0.05) is 5.69 Å². The summed E-state index contributed by atoms with van der Waals surface area (Å²) in [7, 11) is -1.72. The molecule has 0 fully saturated rings. The van der Waals surface area contributed by atoms with Crippen LogP contribution < -0.4 is 5.32 Å². The molecule has 0 bridgehead atoms. The molecule has 0 unspecified atom stereocenters. The number of nitrogens with one attached hydrogen (secondary N) is 1. The number of benzene rings is 1. The zero-order valence-corrected chi connectivity index (χ0v) is 15.6. The van der Waals surface area contributed by atoms with E-state index in [1.807, 2.05) is 38.1 Å². The molecule has 0 heterocycles. The highest BCUT2D eigenvalue weighted by atomic mass is 28.4. The standard InChI is InChI=1S/C18H27NO3Si/c1-7-16(14(3)17(8-2)22-23(4,5)6)21-18(20)19-15-12-10-9-11-13-15/h7-14,16H,1H2,2-6H3,(H,19,20)/b17-8-/t14-,16-/m0/s1. The molecular formula is C18H27NO3Si. The van der Waals surface area contributed by atoms with Crippen molar-refractivity contribution in [3.63, 3.8) is 0 Å². The van der Waals surface area contributed by atoms with E-state index in [0.717, 1.165) is 5.76 Å². The van der Waals surface area contributed by atoms with Crippen LogP contribution >= 0.6 is 0 Å². The largest absolute Gasteiger partial charge is 0.547 e. The molecule has 1 rings (SSSR count). The van der Waals surface area contributed by atoms with Crippen LogP contribution in [0.2, 0.25) is 19.6 Å². The highest BCUT2D eigenvalue weighted by Gasteiger charge is 2.27. The first-order valence-corrected chi connectivity index (χ1v) is 11.2. The topological polar surface area (TPSA) is 47.6 Å². The molecule has 5 heteroatoms. The molecule has 0 radical (unpaired) electrons. The zero-order chi connectivity index (χ0) is 17.5. The van der Waals surface area contributed by atoms with Gasteiger partial charge in [-0.25, -0.2) is 4.79 Å². The molecule has 1 aromatic rings. The lowest BCUT2D eigenvalue weighted by atomic mass is 10.0. The van der Waals surface area contributed by atoms with Crippen molar-refractivity contribution < 1.29 is 14.0 Å². The fraction of sp³-hybridized carbons (Fsp3) is 0.389. The predicted octanol–water partition coefficient (Wildman–Crippen LogP) is 5.18. The second-order valence-electron chi connectivity index (χ2n) is 6.29. The van der Waals surface area contributed by atoms with Gasteiger partial charge in [0.2, 0.25) is 8.32 Å². The van der Waals surface area contributed by atoms with Gasteiger partial charge in [-0.1, -0.05) is 43.9 Å². The molecule has 1 amide bonds. The number of rotatable bonds is 7. The van der Waals surface area contributed by atoms with Gasteiger partial charge in [0.1, 0.15) is 6.10 Å². The first kappa shape index (κ1) is 19.0. The molecule has 0 aliphatic carbocycles. The molecule has 0 spiro atoms. The van der Waals surface area contributed by atoms with Gasteiger partial charge in [-0.15, -0.1) is 0 Å². The van der Waals surface area contributed by atoms with Gasteiger partial charge in [-0.2, -0.15) is 0 Å². The van der Waals surface area contributed by atoms with Crippen molar-refractivity contribution in [3.8, 4) is 0 Å². The third-order valence-electron chi connectivity index (χ3n) is 3.15. The van der Waals surface area contributed by atoms with Gasteiger partial charge in [0.15, 0.2) is 0 Å². The Balaban J connectivity index is 2.71. The van der Waals surface area contributed by atoms with Crippen molar-refractivity contribution in [1.82, 2.24) is 0 Å². The monoisotopic (exact) mass is 333 g/mol. The minimum Gasteiger partial charge on any atom is -0.547 e. The van der Waals surface area contributed by atoms with E-state index in [1.54, 1.807) is 18.2 Å². The summed E-state index contributed by atoms with van der Waals surface area (Å²) >= 11 is 0. The average Bonchev–Trinajstić information content (AvgIpc) is 2.49. The van der Waals surface area contributed by atoms with E-state index in [1.165, 1.54) is 0 Å². The number of allylic oxidation sites excluding steroid dienone is 1. The molecule has 1 N–H and O–H groups in total. The Morgan fingerprint density at radius 3 is 2.35 bits per heavy atom. The Bertz CT molecular complexity index is 549. The van der Waals surface area contributed by atoms with Crippen LogP contribution in [0.25, 0.3) is 0 Å². The Hall–Kier alpha value is -2.01. The summed E-state index contributed by atoms with van der Waals surface area (Å²) in [6, 6.07) is 9.20. The minimum atomic E-state index is -1.72. The first-order valence-electron chi connectivity index (χ1n) is 7.77. The van der Waals surface area contributed by atoms with Crippen molar-refractivity contribution in [1.29, 1.82) is 0 Å². The molecule has 0 saturated carbocycles. The second kappa shape index (κ2) is 8.58. The van der Waals surface area contributed by atoms with E-state index in [9.17, 15) is 4.79 Å². The average molecular weight is 334 g/mol. The number of amides is 1. The van der Waals surface area contributed by atoms with Crippen molar-refractivity contribution in [2.75, 3.05) is 5.32 Å². The van der Waals surface area contributed by atoms with Crippen LogP contribution in [0.1, 0.15) is 13.8 Å². The Morgan fingerprint density at radius 1 is 1.26 bits per heavy atom. The summed E-state index contributed by atoms with van der Waals surface area (Å²) in [6.45, 7) is 14.0. The van der Waals surface area contributed by atoms with Crippen molar-refractivity contribution >= 4 is 20.1 Å². The summed E-state index contributed by atoms with van der Waals surface area (Å²) in [4.78, 5) is 12.0. The summed E-state index contributed by atoms with van der Waals surface area (Å²) in [5.41, 5.74) is 0.692. The van der Waals surface area contributed by atoms with Crippen LogP contribution in [0.3, 0.4) is 0 Å². The number of carbonyl (C=O) groups is 1. The maximum Gasteiger partial charge on any atom is 0.412 e. The summed E-state index contributed by atoms with van der Waals surface area (Å²) in [5.74, 6) is 0.743. The molecule has 1 aromatic carbocycles. The molecule has 0 saturated heterocycles. The van der Waals surface area contributed by atoms with Crippen LogP contribution in [0.15, 0.2) is 54.8 Å². The van der Waals surface area contributed by atoms with Crippen LogP contribution in [-0.2, 0) is 9.16 Å². The second-order valence-corrected chi connectivity index (χ2v) is 10.7. The van der Waals surface area contributed by atoms with Crippen molar-refractivity contribution in [2.24, 2.45) is 5.92 Å². The van der Waals surface area contributed by atoms with E-state index in [2.05, 4.69) is 31.5 Å². The lowest BCUT2D eigenvalue weighted by molar-refractivity contribution is 0.104. The Morgan fingerprint density at radius 2 is 1.87 bits per heavy atom. The van der Waals surface area contributed by atoms with E-state index in [0.29, 0.717) is 5.69 Å². The Kier molecular flexibility index (Phi) is 7.10. The van der Waals surface area contributed by atoms with Crippen LogP contribution in [0, 0.1) is 5.92 Å². The summed E-state index contributed by atoms with van der Waals surface area (Å²) in [6.07, 6.45) is 2.60. The molecule has 0 aliphatic heterocycles. The molecule has 0 aromatic heterocycles. The molecule has 4 nitrogen and oxygen atoms in total. The van der Waals surface area contributed by atoms with E-state index in [-0.39, 0.29) is 5.92 Å². The highest BCUT2D eigenvalue weighted by Crippen LogP contribution is 2.24. The number of ether oxygens (including phenoxy) is 1. The molecule has 126 valence electrons. The number of hydrogen-bond acceptors (Lipinski definition) is 3. The lowest BCUT2D eigenvalue weighted by Gasteiger charge is -2.29. The van der Waals surface area contributed by atoms with Gasteiger partial charge >= 0.3 is 6.09 Å². The normalized spacial score (nSPS) is 14.6.